The van der Waals surface area contributed by atoms with Crippen LogP contribution < -0.4 is 19.7 Å². The number of anilines is 1. The van der Waals surface area contributed by atoms with Crippen LogP contribution in [0.3, 0.4) is 0 Å². The van der Waals surface area contributed by atoms with Crippen molar-refractivity contribution >= 4 is 5.95 Å². The van der Waals surface area contributed by atoms with Crippen molar-refractivity contribution in [2.24, 2.45) is 5.41 Å². The lowest BCUT2D eigenvalue weighted by molar-refractivity contribution is -0.127. The minimum atomic E-state index is -0.138. The van der Waals surface area contributed by atoms with Crippen molar-refractivity contribution in [3.63, 3.8) is 0 Å². The van der Waals surface area contributed by atoms with E-state index in [1.54, 1.807) is 0 Å². The number of aromatic nitrogens is 2. The molecule has 1 N–H and O–H groups in total. The molecule has 7 heteroatoms. The van der Waals surface area contributed by atoms with E-state index in [0.29, 0.717) is 12.0 Å². The Kier molecular flexibility index (Phi) is 6.08. The minimum absolute atomic E-state index is 0.138. The summed E-state index contributed by atoms with van der Waals surface area (Å²) in [6, 6.07) is 18.8. The smallest absolute Gasteiger partial charge is 0.225 e. The Morgan fingerprint density at radius 2 is 1.54 bits per heavy atom. The van der Waals surface area contributed by atoms with E-state index >= 15 is 0 Å². The van der Waals surface area contributed by atoms with E-state index in [2.05, 4.69) is 65.4 Å². The van der Waals surface area contributed by atoms with Gasteiger partial charge in [-0.2, -0.15) is 0 Å². The van der Waals surface area contributed by atoms with E-state index in [-0.39, 0.29) is 11.0 Å². The van der Waals surface area contributed by atoms with E-state index in [1.165, 1.54) is 24.0 Å². The fourth-order valence-electron chi connectivity index (χ4n) is 5.19. The third kappa shape index (κ3) is 4.90. The number of rotatable bonds is 10. The standard InChI is InChI=1S/C30H36N4O3/c1-28(2,23-6-10-26(11-7-23)37-21-30(31-3)13-14-30)22-4-8-25(9-5-22)36-16-24-12-15-32-27(33-24)34-17-29(18-34)19-35-20-29/h4-12,15,31H,13-14,16-21H2,1-3H3. The number of nitrogens with zero attached hydrogens (tertiary/aromatic N) is 3. The molecule has 2 aromatic carbocycles. The molecule has 37 heavy (non-hydrogen) atoms. The second-order valence-electron chi connectivity index (χ2n) is 11.5. The molecule has 1 spiro atoms. The fraction of sp³-hybridized carbons (Fsp3) is 0.467. The van der Waals surface area contributed by atoms with Gasteiger partial charge in [0, 0.05) is 24.7 Å². The van der Waals surface area contributed by atoms with Gasteiger partial charge in [0.15, 0.2) is 0 Å². The van der Waals surface area contributed by atoms with Crippen molar-refractivity contribution in [3.05, 3.63) is 77.6 Å². The summed E-state index contributed by atoms with van der Waals surface area (Å²) < 4.78 is 17.5. The fourth-order valence-corrected chi connectivity index (χ4v) is 5.19. The molecule has 1 aromatic heterocycles. The van der Waals surface area contributed by atoms with Gasteiger partial charge in [-0.1, -0.05) is 38.1 Å². The minimum Gasteiger partial charge on any atom is -0.492 e. The van der Waals surface area contributed by atoms with Crippen molar-refractivity contribution in [1.29, 1.82) is 0 Å². The van der Waals surface area contributed by atoms with Gasteiger partial charge in [0.2, 0.25) is 5.95 Å². The lowest BCUT2D eigenvalue weighted by Crippen LogP contribution is -2.66. The number of ether oxygens (including phenoxy) is 3. The first kappa shape index (κ1) is 24.2. The number of hydrogen-bond acceptors (Lipinski definition) is 7. The third-order valence-corrected chi connectivity index (χ3v) is 8.29. The predicted molar refractivity (Wildman–Crippen MR) is 143 cm³/mol. The molecule has 3 aromatic rings. The molecule has 194 valence electrons. The first-order chi connectivity index (χ1) is 17.9. The summed E-state index contributed by atoms with van der Waals surface area (Å²) in [5, 5.41) is 3.37. The van der Waals surface area contributed by atoms with Crippen molar-refractivity contribution in [2.45, 2.75) is 44.2 Å². The zero-order valence-corrected chi connectivity index (χ0v) is 22.0. The maximum absolute atomic E-state index is 6.06. The van der Waals surface area contributed by atoms with Crippen molar-refractivity contribution in [2.75, 3.05) is 44.9 Å². The number of likely N-dealkylation sites (N-methyl/N-ethyl adjacent to an activating group) is 1. The van der Waals surface area contributed by atoms with Crippen LogP contribution in [0.2, 0.25) is 0 Å². The van der Waals surface area contributed by atoms with Crippen molar-refractivity contribution < 1.29 is 14.2 Å². The molecule has 0 radical (unpaired) electrons. The maximum Gasteiger partial charge on any atom is 0.225 e. The van der Waals surface area contributed by atoms with Gasteiger partial charge in [0.1, 0.15) is 24.7 Å². The summed E-state index contributed by atoms with van der Waals surface area (Å²) in [7, 11) is 2.01. The van der Waals surface area contributed by atoms with Gasteiger partial charge in [-0.05, 0) is 61.3 Å². The van der Waals surface area contributed by atoms with Crippen LogP contribution in [-0.4, -0.2) is 55.5 Å². The largest absolute Gasteiger partial charge is 0.492 e. The van der Waals surface area contributed by atoms with Crippen LogP contribution in [0.1, 0.15) is 43.5 Å². The molecule has 7 nitrogen and oxygen atoms in total. The predicted octanol–water partition coefficient (Wildman–Crippen LogP) is 4.35. The van der Waals surface area contributed by atoms with Crippen LogP contribution in [0, 0.1) is 5.41 Å². The van der Waals surface area contributed by atoms with E-state index in [9.17, 15) is 0 Å². The molecule has 0 bridgehead atoms. The van der Waals surface area contributed by atoms with Crippen LogP contribution in [0.25, 0.3) is 0 Å². The van der Waals surface area contributed by atoms with Crippen molar-refractivity contribution in [1.82, 2.24) is 15.3 Å². The molecular formula is C30H36N4O3. The summed E-state index contributed by atoms with van der Waals surface area (Å²) in [6.07, 6.45) is 4.18. The zero-order chi connectivity index (χ0) is 25.5. The topological polar surface area (TPSA) is 68.7 Å². The molecule has 1 saturated carbocycles. The van der Waals surface area contributed by atoms with Gasteiger partial charge in [-0.3, -0.25) is 0 Å². The summed E-state index contributed by atoms with van der Waals surface area (Å²) in [4.78, 5) is 11.4. The van der Waals surface area contributed by atoms with Crippen LogP contribution in [0.4, 0.5) is 5.95 Å². The Hall–Kier alpha value is -3.16. The van der Waals surface area contributed by atoms with Crippen molar-refractivity contribution in [3.8, 4) is 11.5 Å². The van der Waals surface area contributed by atoms with Gasteiger partial charge in [-0.25, -0.2) is 9.97 Å². The molecule has 0 amide bonds. The molecular weight excluding hydrogens is 464 g/mol. The maximum atomic E-state index is 6.06. The highest BCUT2D eigenvalue weighted by Crippen LogP contribution is 2.39. The lowest BCUT2D eigenvalue weighted by atomic mass is 9.78. The van der Waals surface area contributed by atoms with Gasteiger partial charge < -0.3 is 24.4 Å². The Balaban J connectivity index is 1.04. The molecule has 0 unspecified atom stereocenters. The number of benzene rings is 2. The Morgan fingerprint density at radius 3 is 2.08 bits per heavy atom. The van der Waals surface area contributed by atoms with E-state index in [1.807, 2.05) is 31.4 Å². The monoisotopic (exact) mass is 500 g/mol. The first-order valence-electron chi connectivity index (χ1n) is 13.2. The van der Waals surface area contributed by atoms with E-state index < -0.39 is 0 Å². The highest BCUT2D eigenvalue weighted by molar-refractivity contribution is 5.42. The normalized spacial score (nSPS) is 19.2. The number of hydrogen-bond donors (Lipinski definition) is 1. The highest BCUT2D eigenvalue weighted by atomic mass is 16.5. The zero-order valence-electron chi connectivity index (χ0n) is 22.0. The molecule has 1 aliphatic carbocycles. The second kappa shape index (κ2) is 9.30. The third-order valence-electron chi connectivity index (χ3n) is 8.29. The Bertz CT molecular complexity index is 1230. The van der Waals surface area contributed by atoms with Crippen LogP contribution >= 0.6 is 0 Å². The van der Waals surface area contributed by atoms with Crippen LogP contribution in [-0.2, 0) is 16.8 Å². The van der Waals surface area contributed by atoms with Gasteiger partial charge >= 0.3 is 0 Å². The SMILES string of the molecule is CNC1(COc2ccc(C(C)(C)c3ccc(OCc4ccnc(N5CC6(COC6)C5)n4)cc3)cc2)CC1. The van der Waals surface area contributed by atoms with Crippen LogP contribution in [0.5, 0.6) is 11.5 Å². The Morgan fingerprint density at radius 1 is 0.919 bits per heavy atom. The highest BCUT2D eigenvalue weighted by Gasteiger charge is 2.49. The molecule has 3 aliphatic rings. The first-order valence-corrected chi connectivity index (χ1v) is 13.2. The summed E-state index contributed by atoms with van der Waals surface area (Å²) >= 11 is 0. The summed E-state index contributed by atoms with van der Waals surface area (Å²) in [5.41, 5.74) is 3.74. The van der Waals surface area contributed by atoms with E-state index in [0.717, 1.165) is 56.1 Å². The van der Waals surface area contributed by atoms with Gasteiger partial charge in [0.25, 0.3) is 0 Å². The van der Waals surface area contributed by atoms with E-state index in [4.69, 9.17) is 19.2 Å². The van der Waals surface area contributed by atoms with Gasteiger partial charge in [0.05, 0.1) is 29.9 Å². The molecule has 3 fully saturated rings. The molecule has 6 rings (SSSR count). The molecule has 2 aliphatic heterocycles. The molecule has 2 saturated heterocycles. The molecule has 0 atom stereocenters. The lowest BCUT2D eigenvalue weighted by Gasteiger charge is -2.54. The average Bonchev–Trinajstić information content (AvgIpc) is 3.66. The van der Waals surface area contributed by atoms with Gasteiger partial charge in [-0.15, -0.1) is 0 Å². The quantitative estimate of drug-likeness (QED) is 0.444. The summed E-state index contributed by atoms with van der Waals surface area (Å²) in [6.45, 7) is 9.29. The summed E-state index contributed by atoms with van der Waals surface area (Å²) in [5.74, 6) is 2.53. The second-order valence-corrected chi connectivity index (χ2v) is 11.5. The number of nitrogens with one attached hydrogen (secondary N) is 1. The average molecular weight is 501 g/mol. The molecule has 3 heterocycles. The van der Waals surface area contributed by atoms with Crippen LogP contribution in [0.15, 0.2) is 60.8 Å². The Labute approximate surface area is 219 Å².